The molecule has 0 fully saturated rings. The summed E-state index contributed by atoms with van der Waals surface area (Å²) in [6.07, 6.45) is 7.08. The third kappa shape index (κ3) is 3.58. The van der Waals surface area contributed by atoms with Crippen LogP contribution in [0.4, 0.5) is 10.5 Å². The third-order valence-corrected chi connectivity index (χ3v) is 4.07. The number of hydrogen-bond donors (Lipinski definition) is 5. The average molecular weight is 305 g/mol. The van der Waals surface area contributed by atoms with Gasteiger partial charge in [-0.05, 0) is 68.2 Å². The second-order valence-electron chi connectivity index (χ2n) is 5.50. The molecule has 1 aromatic rings. The van der Waals surface area contributed by atoms with Gasteiger partial charge < -0.3 is 10.4 Å². The Morgan fingerprint density at radius 2 is 1.82 bits per heavy atom. The number of fused-ring (bicyclic) bond motifs is 2. The summed E-state index contributed by atoms with van der Waals surface area (Å²) >= 11 is 0. The molecule has 0 atom stereocenters. The first-order chi connectivity index (χ1) is 10.6. The molecule has 2 amide bonds. The predicted molar refractivity (Wildman–Crippen MR) is 85.0 cm³/mol. The number of carbonyl (C=O) groups is 1. The van der Waals surface area contributed by atoms with Gasteiger partial charge in [0.25, 0.3) is 0 Å². The van der Waals surface area contributed by atoms with E-state index in [0.717, 1.165) is 37.8 Å². The minimum absolute atomic E-state index is 0.380. The molecule has 0 radical (unpaired) electrons. The first-order valence-corrected chi connectivity index (χ1v) is 7.51. The summed E-state index contributed by atoms with van der Waals surface area (Å²) in [7, 11) is 0. The second kappa shape index (κ2) is 7.29. The number of anilines is 1. The lowest BCUT2D eigenvalue weighted by molar-refractivity contribution is 0.130. The number of urea groups is 1. The van der Waals surface area contributed by atoms with Gasteiger partial charge >= 0.3 is 6.03 Å². The molecule has 0 saturated carbocycles. The van der Waals surface area contributed by atoms with Crippen molar-refractivity contribution in [1.29, 1.82) is 0 Å². The average Bonchev–Trinajstić information content (AvgIpc) is 2.91. The lowest BCUT2D eigenvalue weighted by Gasteiger charge is -2.26. The standard InChI is InChI=1S/C12H15N3O2.C4H8O/c16-12(14-15-17)13-11-9-3-1-2-7(9)6-8-4-5-10(8)11;1-3-4(2)5/h6,15,17H,1-5H2,(H2,13,14,16);3,5H,1-2H3/b;4-3+. The number of allylic oxidation sites excluding steroid dienone is 2. The highest BCUT2D eigenvalue weighted by Crippen LogP contribution is 2.39. The van der Waals surface area contributed by atoms with E-state index in [0.29, 0.717) is 5.76 Å². The van der Waals surface area contributed by atoms with Crippen molar-refractivity contribution in [2.45, 2.75) is 46.0 Å². The SMILES string of the molecule is C/C=C(\C)O.O=C(NNO)Nc1c2c(cc3c1CC3)CCC2. The van der Waals surface area contributed by atoms with E-state index in [2.05, 4.69) is 16.8 Å². The van der Waals surface area contributed by atoms with Crippen LogP contribution in [-0.4, -0.2) is 16.3 Å². The Bertz CT molecular complexity index is 593. The van der Waals surface area contributed by atoms with Crippen molar-refractivity contribution < 1.29 is 15.1 Å². The van der Waals surface area contributed by atoms with Crippen LogP contribution in [0.3, 0.4) is 0 Å². The van der Waals surface area contributed by atoms with Crippen LogP contribution in [0.25, 0.3) is 0 Å². The Balaban J connectivity index is 0.000000309. The van der Waals surface area contributed by atoms with E-state index in [4.69, 9.17) is 10.3 Å². The Kier molecular flexibility index (Phi) is 5.41. The van der Waals surface area contributed by atoms with Crippen molar-refractivity contribution in [1.82, 2.24) is 11.0 Å². The number of rotatable bonds is 2. The molecule has 6 nitrogen and oxygen atoms in total. The molecule has 6 heteroatoms. The highest BCUT2D eigenvalue weighted by molar-refractivity contribution is 5.92. The summed E-state index contributed by atoms with van der Waals surface area (Å²) < 4.78 is 0. The molecule has 3 rings (SSSR count). The van der Waals surface area contributed by atoms with Crippen LogP contribution in [0.15, 0.2) is 17.9 Å². The molecule has 2 aliphatic carbocycles. The van der Waals surface area contributed by atoms with Gasteiger partial charge in [0.2, 0.25) is 0 Å². The van der Waals surface area contributed by atoms with Crippen molar-refractivity contribution in [3.05, 3.63) is 40.2 Å². The minimum atomic E-state index is -0.429. The van der Waals surface area contributed by atoms with Gasteiger partial charge in [0, 0.05) is 5.69 Å². The fraction of sp³-hybridized carbons (Fsp3) is 0.438. The van der Waals surface area contributed by atoms with Gasteiger partial charge in [0.05, 0.1) is 5.76 Å². The molecule has 0 unspecified atom stereocenters. The van der Waals surface area contributed by atoms with Crippen molar-refractivity contribution in [2.75, 3.05) is 5.32 Å². The van der Waals surface area contributed by atoms with E-state index >= 15 is 0 Å². The van der Waals surface area contributed by atoms with E-state index in [-0.39, 0.29) is 0 Å². The predicted octanol–water partition coefficient (Wildman–Crippen LogP) is 2.76. The highest BCUT2D eigenvalue weighted by Gasteiger charge is 2.26. The number of hydrogen-bond acceptors (Lipinski definition) is 4. The molecule has 0 heterocycles. The molecule has 120 valence electrons. The molecule has 0 aromatic heterocycles. The summed E-state index contributed by atoms with van der Waals surface area (Å²) in [6, 6.07) is 1.86. The molecular weight excluding hydrogens is 282 g/mol. The van der Waals surface area contributed by atoms with Gasteiger partial charge in [0.15, 0.2) is 0 Å². The van der Waals surface area contributed by atoms with Crippen LogP contribution < -0.4 is 16.3 Å². The molecule has 0 aliphatic heterocycles. The minimum Gasteiger partial charge on any atom is -0.513 e. The van der Waals surface area contributed by atoms with Crippen molar-refractivity contribution in [3.8, 4) is 0 Å². The Morgan fingerprint density at radius 1 is 1.18 bits per heavy atom. The normalized spacial score (nSPS) is 15.0. The summed E-state index contributed by atoms with van der Waals surface area (Å²) in [5.41, 5.74) is 9.99. The topological polar surface area (TPSA) is 93.6 Å². The number of aliphatic hydroxyl groups excluding tert-OH is 1. The molecule has 1 aromatic carbocycles. The molecule has 0 spiro atoms. The van der Waals surface area contributed by atoms with E-state index in [1.54, 1.807) is 25.5 Å². The maximum absolute atomic E-state index is 11.5. The fourth-order valence-corrected chi connectivity index (χ4v) is 2.79. The zero-order chi connectivity index (χ0) is 16.1. The zero-order valence-corrected chi connectivity index (χ0v) is 13.0. The summed E-state index contributed by atoms with van der Waals surface area (Å²) in [5.74, 6) is 0.380. The first-order valence-electron chi connectivity index (χ1n) is 7.51. The van der Waals surface area contributed by atoms with Crippen molar-refractivity contribution in [3.63, 3.8) is 0 Å². The molecular formula is C16H23N3O3. The number of amides is 2. The number of nitrogens with one attached hydrogen (secondary N) is 3. The van der Waals surface area contributed by atoms with E-state index < -0.39 is 6.03 Å². The number of hydrazine groups is 1. The van der Waals surface area contributed by atoms with E-state index in [9.17, 15) is 4.79 Å². The fourth-order valence-electron chi connectivity index (χ4n) is 2.79. The van der Waals surface area contributed by atoms with Crippen LogP contribution in [0.5, 0.6) is 0 Å². The van der Waals surface area contributed by atoms with Gasteiger partial charge in [-0.3, -0.25) is 5.21 Å². The summed E-state index contributed by atoms with van der Waals surface area (Å²) in [4.78, 5) is 11.5. The zero-order valence-electron chi connectivity index (χ0n) is 13.0. The number of benzene rings is 1. The smallest absolute Gasteiger partial charge is 0.335 e. The first kappa shape index (κ1) is 16.3. The van der Waals surface area contributed by atoms with Crippen LogP contribution >= 0.6 is 0 Å². The lowest BCUT2D eigenvalue weighted by atomic mass is 9.83. The molecule has 0 saturated heterocycles. The Labute approximate surface area is 130 Å². The maximum atomic E-state index is 11.5. The molecule has 22 heavy (non-hydrogen) atoms. The van der Waals surface area contributed by atoms with Crippen molar-refractivity contribution >= 4 is 11.7 Å². The van der Waals surface area contributed by atoms with Crippen LogP contribution in [0, 0.1) is 0 Å². The van der Waals surface area contributed by atoms with Gasteiger partial charge in [0.1, 0.15) is 0 Å². The Hall–Kier alpha value is -2.05. The van der Waals surface area contributed by atoms with E-state index in [1.165, 1.54) is 22.3 Å². The van der Waals surface area contributed by atoms with Gasteiger partial charge in [-0.25, -0.2) is 10.2 Å². The van der Waals surface area contributed by atoms with Gasteiger partial charge in [-0.2, -0.15) is 0 Å². The summed E-state index contributed by atoms with van der Waals surface area (Å²) in [6.45, 7) is 3.43. The molecule has 0 bridgehead atoms. The summed E-state index contributed by atoms with van der Waals surface area (Å²) in [5, 5.41) is 19.5. The maximum Gasteiger partial charge on any atom is 0.335 e. The molecule has 2 aliphatic rings. The van der Waals surface area contributed by atoms with Gasteiger partial charge in [-0.15, -0.1) is 5.59 Å². The number of carbonyl (C=O) groups excluding carboxylic acids is 1. The monoisotopic (exact) mass is 305 g/mol. The highest BCUT2D eigenvalue weighted by atomic mass is 16.5. The second-order valence-corrected chi connectivity index (χ2v) is 5.50. The van der Waals surface area contributed by atoms with Crippen LogP contribution in [0.2, 0.25) is 0 Å². The van der Waals surface area contributed by atoms with Crippen LogP contribution in [-0.2, 0) is 25.7 Å². The van der Waals surface area contributed by atoms with Gasteiger partial charge in [-0.1, -0.05) is 12.1 Å². The molecule has 5 N–H and O–H groups in total. The van der Waals surface area contributed by atoms with Crippen LogP contribution in [0.1, 0.15) is 42.5 Å². The third-order valence-electron chi connectivity index (χ3n) is 4.07. The lowest BCUT2D eigenvalue weighted by Crippen LogP contribution is -2.38. The van der Waals surface area contributed by atoms with Crippen molar-refractivity contribution in [2.24, 2.45) is 0 Å². The van der Waals surface area contributed by atoms with E-state index in [1.807, 2.05) is 0 Å². The number of aliphatic hydroxyl groups is 1. The quantitative estimate of drug-likeness (QED) is 0.429. The Morgan fingerprint density at radius 3 is 2.36 bits per heavy atom. The number of aryl methyl sites for hydroxylation is 2. The largest absolute Gasteiger partial charge is 0.513 e.